The number of phenols is 4. The van der Waals surface area contributed by atoms with Gasteiger partial charge in [-0.3, -0.25) is 4.79 Å². The van der Waals surface area contributed by atoms with Gasteiger partial charge in [-0.25, -0.2) is 0 Å². The first kappa shape index (κ1) is 13.3. The highest BCUT2D eigenvalue weighted by atomic mass is 16.5. The number of rotatable bonds is 2. The first-order valence-corrected chi connectivity index (χ1v) is 6.43. The summed E-state index contributed by atoms with van der Waals surface area (Å²) in [7, 11) is 1.22. The maximum absolute atomic E-state index is 12.6. The molecule has 0 aliphatic rings. The van der Waals surface area contributed by atoms with Crippen LogP contribution in [0.2, 0.25) is 0 Å². The van der Waals surface area contributed by atoms with Crippen molar-refractivity contribution in [3.05, 3.63) is 40.5 Å². The Balaban J connectivity index is 2.46. The minimum absolute atomic E-state index is 0.121. The maximum Gasteiger partial charge on any atom is 0.239 e. The number of hydrogen-bond acceptors (Lipinski definition) is 7. The van der Waals surface area contributed by atoms with Crippen LogP contribution in [-0.4, -0.2) is 27.5 Å². The zero-order valence-electron chi connectivity index (χ0n) is 12.8. The van der Waals surface area contributed by atoms with Gasteiger partial charge in [0.25, 0.3) is 0 Å². The molecule has 0 amide bonds. The quantitative estimate of drug-likeness (QED) is 0.535. The second-order valence-electron chi connectivity index (χ2n) is 4.74. The summed E-state index contributed by atoms with van der Waals surface area (Å²) in [6.07, 6.45) is 0. The molecule has 23 heavy (non-hydrogen) atoms. The summed E-state index contributed by atoms with van der Waals surface area (Å²) in [6.45, 7) is 0. The first-order valence-electron chi connectivity index (χ1n) is 6.93. The number of fused-ring (bicyclic) bond motifs is 1. The molecule has 2 aromatic carbocycles. The van der Waals surface area contributed by atoms with E-state index in [4.69, 9.17) is 10.5 Å². The van der Waals surface area contributed by atoms with Crippen molar-refractivity contribution < 1.29 is 31.0 Å². The van der Waals surface area contributed by atoms with Crippen LogP contribution in [0.5, 0.6) is 28.7 Å². The van der Waals surface area contributed by atoms with E-state index in [1.807, 2.05) is 0 Å². The van der Waals surface area contributed by atoms with Crippen molar-refractivity contribution in [1.29, 1.82) is 0 Å². The third-order valence-corrected chi connectivity index (χ3v) is 3.28. The van der Waals surface area contributed by atoms with Crippen LogP contribution in [0.25, 0.3) is 22.3 Å². The molecule has 0 radical (unpaired) electrons. The molecule has 4 N–H and O–H groups in total. The highest BCUT2D eigenvalue weighted by molar-refractivity contribution is 5.88. The molecule has 0 saturated heterocycles. The first-order chi connectivity index (χ1) is 11.3. The number of methoxy groups -OCH3 is 1. The van der Waals surface area contributed by atoms with Gasteiger partial charge in [-0.05, 0) is 18.2 Å². The van der Waals surface area contributed by atoms with Gasteiger partial charge in [0.2, 0.25) is 11.2 Å². The maximum atomic E-state index is 12.6. The van der Waals surface area contributed by atoms with E-state index in [1.165, 1.54) is 19.2 Å². The highest BCUT2D eigenvalue weighted by Gasteiger charge is 2.20. The molecule has 0 fully saturated rings. The Morgan fingerprint density at radius 1 is 1.09 bits per heavy atom. The largest absolute Gasteiger partial charge is 0.508 e. The number of ether oxygens (including phenoxy) is 1. The smallest absolute Gasteiger partial charge is 0.239 e. The summed E-state index contributed by atoms with van der Waals surface area (Å²) in [5, 5.41) is 38.2. The molecule has 3 aromatic rings. The Bertz CT molecular complexity index is 1020. The van der Waals surface area contributed by atoms with Crippen LogP contribution in [0.15, 0.2) is 39.5 Å². The van der Waals surface area contributed by atoms with Gasteiger partial charge in [-0.1, -0.05) is 0 Å². The Morgan fingerprint density at radius 2 is 1.83 bits per heavy atom. The van der Waals surface area contributed by atoms with Crippen LogP contribution in [0.1, 0.15) is 1.37 Å². The second-order valence-corrected chi connectivity index (χ2v) is 4.74. The van der Waals surface area contributed by atoms with Crippen molar-refractivity contribution in [2.24, 2.45) is 0 Å². The SMILES string of the molecule is [2H]c1c(O)cc(O)c2c(=O)c(OC)c(-c3ccc(O)c(O)c3)oc12. The van der Waals surface area contributed by atoms with Gasteiger partial charge >= 0.3 is 0 Å². The van der Waals surface area contributed by atoms with Gasteiger partial charge in [0.15, 0.2) is 17.3 Å². The lowest BCUT2D eigenvalue weighted by Crippen LogP contribution is -2.07. The van der Waals surface area contributed by atoms with Crippen molar-refractivity contribution in [2.45, 2.75) is 0 Å². The van der Waals surface area contributed by atoms with Crippen LogP contribution in [0, 0.1) is 0 Å². The van der Waals surface area contributed by atoms with Crippen molar-refractivity contribution >= 4 is 11.0 Å². The van der Waals surface area contributed by atoms with Gasteiger partial charge < -0.3 is 29.6 Å². The standard InChI is InChI=1S/C16H12O7/c1-22-16-14(21)13-11(20)5-8(17)6-12(13)23-15(16)7-2-3-9(18)10(19)4-7/h2-6,17-20H,1H3/i6D. The Labute approximate surface area is 130 Å². The van der Waals surface area contributed by atoms with Crippen molar-refractivity contribution in [1.82, 2.24) is 0 Å². The van der Waals surface area contributed by atoms with E-state index in [0.717, 1.165) is 12.1 Å². The van der Waals surface area contributed by atoms with Crippen LogP contribution in [0.3, 0.4) is 0 Å². The molecule has 0 spiro atoms. The van der Waals surface area contributed by atoms with Crippen molar-refractivity contribution in [2.75, 3.05) is 7.11 Å². The summed E-state index contributed by atoms with van der Waals surface area (Å²) >= 11 is 0. The summed E-state index contributed by atoms with van der Waals surface area (Å²) in [6, 6.07) is 4.09. The summed E-state index contributed by atoms with van der Waals surface area (Å²) in [5.41, 5.74) is -0.878. The van der Waals surface area contributed by atoms with Gasteiger partial charge in [-0.2, -0.15) is 0 Å². The molecule has 0 saturated carbocycles. The number of aromatic hydroxyl groups is 4. The predicted octanol–water partition coefficient (Wildman–Crippen LogP) is 2.29. The summed E-state index contributed by atoms with van der Waals surface area (Å²) in [4.78, 5) is 12.6. The monoisotopic (exact) mass is 317 g/mol. The molecule has 0 bridgehead atoms. The molecule has 0 unspecified atom stereocenters. The molecular formula is C16H12O7. The summed E-state index contributed by atoms with van der Waals surface area (Å²) < 4.78 is 18.4. The lowest BCUT2D eigenvalue weighted by atomic mass is 10.1. The van der Waals surface area contributed by atoms with E-state index in [2.05, 4.69) is 0 Å². The highest BCUT2D eigenvalue weighted by Crippen LogP contribution is 2.37. The fourth-order valence-corrected chi connectivity index (χ4v) is 2.23. The minimum atomic E-state index is -0.743. The zero-order chi connectivity index (χ0) is 17.6. The van der Waals surface area contributed by atoms with Crippen molar-refractivity contribution in [3.8, 4) is 40.1 Å². The van der Waals surface area contributed by atoms with E-state index in [1.54, 1.807) is 0 Å². The zero-order valence-corrected chi connectivity index (χ0v) is 11.8. The van der Waals surface area contributed by atoms with E-state index in [0.29, 0.717) is 0 Å². The molecule has 3 rings (SSSR count). The third kappa shape index (κ3) is 2.28. The van der Waals surface area contributed by atoms with Gasteiger partial charge in [0, 0.05) is 17.7 Å². The molecule has 0 aliphatic heterocycles. The van der Waals surface area contributed by atoms with E-state index in [-0.39, 0.29) is 33.8 Å². The molecular weight excluding hydrogens is 304 g/mol. The van der Waals surface area contributed by atoms with Gasteiger partial charge in [0.1, 0.15) is 22.5 Å². The van der Waals surface area contributed by atoms with E-state index >= 15 is 0 Å². The predicted molar refractivity (Wildman–Crippen MR) is 81.1 cm³/mol. The number of phenolic OH excluding ortho intramolecular Hbond substituents is 4. The van der Waals surface area contributed by atoms with Gasteiger partial charge in [0.05, 0.1) is 8.48 Å². The minimum Gasteiger partial charge on any atom is -0.508 e. The molecule has 1 aromatic heterocycles. The van der Waals surface area contributed by atoms with Crippen LogP contribution in [-0.2, 0) is 0 Å². The molecule has 1 heterocycles. The fraction of sp³-hybridized carbons (Fsp3) is 0.0625. The van der Waals surface area contributed by atoms with E-state index in [9.17, 15) is 25.2 Å². The Morgan fingerprint density at radius 3 is 2.48 bits per heavy atom. The normalized spacial score (nSPS) is 11.4. The van der Waals surface area contributed by atoms with E-state index < -0.39 is 28.7 Å². The Hall–Kier alpha value is -3.35. The average Bonchev–Trinajstić information content (AvgIpc) is 2.54. The van der Waals surface area contributed by atoms with Crippen LogP contribution >= 0.6 is 0 Å². The molecule has 0 atom stereocenters. The van der Waals surface area contributed by atoms with Crippen LogP contribution < -0.4 is 10.2 Å². The summed E-state index contributed by atoms with van der Waals surface area (Å²) in [5.74, 6) is -2.30. The lowest BCUT2D eigenvalue weighted by molar-refractivity contribution is 0.395. The number of hydrogen-bond donors (Lipinski definition) is 4. The van der Waals surface area contributed by atoms with Crippen molar-refractivity contribution in [3.63, 3.8) is 0 Å². The third-order valence-electron chi connectivity index (χ3n) is 3.28. The van der Waals surface area contributed by atoms with Crippen LogP contribution in [0.4, 0.5) is 0 Å². The molecule has 7 heteroatoms. The van der Waals surface area contributed by atoms with Gasteiger partial charge in [-0.15, -0.1) is 0 Å². The Kier molecular flexibility index (Phi) is 2.97. The molecule has 118 valence electrons. The second kappa shape index (κ2) is 5.13. The number of benzene rings is 2. The average molecular weight is 317 g/mol. The molecule has 0 aliphatic carbocycles. The topological polar surface area (TPSA) is 120 Å². The lowest BCUT2D eigenvalue weighted by Gasteiger charge is -2.10. The molecule has 7 nitrogen and oxygen atoms in total. The fourth-order valence-electron chi connectivity index (χ4n) is 2.23.